The van der Waals surface area contributed by atoms with Crippen LogP contribution >= 0.6 is 39.9 Å². The Morgan fingerprint density at radius 1 is 1.35 bits per heavy atom. The van der Waals surface area contributed by atoms with E-state index in [1.165, 1.54) is 12.8 Å². The van der Waals surface area contributed by atoms with Gasteiger partial charge in [-0.1, -0.05) is 41.1 Å². The number of halogens is 2. The minimum absolute atomic E-state index is 0. The lowest BCUT2D eigenvalue weighted by Gasteiger charge is -2.33. The molecule has 1 aromatic rings. The summed E-state index contributed by atoms with van der Waals surface area (Å²) in [6, 6.07) is 8.00. The maximum atomic E-state index is 12.4. The van der Waals surface area contributed by atoms with Gasteiger partial charge in [0.15, 0.2) is 5.96 Å². The summed E-state index contributed by atoms with van der Waals surface area (Å²) < 4.78 is 1.03. The Bertz CT molecular complexity index is 603. The van der Waals surface area contributed by atoms with Gasteiger partial charge < -0.3 is 15.1 Å². The van der Waals surface area contributed by atoms with E-state index in [1.807, 2.05) is 31.3 Å². The van der Waals surface area contributed by atoms with Crippen LogP contribution in [-0.4, -0.2) is 55.4 Å². The van der Waals surface area contributed by atoms with Crippen LogP contribution in [0.15, 0.2) is 33.7 Å². The van der Waals surface area contributed by atoms with Gasteiger partial charge >= 0.3 is 0 Å². The Labute approximate surface area is 182 Å². The molecule has 0 bridgehead atoms. The lowest BCUT2D eigenvalue weighted by atomic mass is 10.00. The third-order valence-electron chi connectivity index (χ3n) is 4.71. The number of piperidine rings is 1. The topological polar surface area (TPSA) is 47.9 Å². The van der Waals surface area contributed by atoms with E-state index in [0.29, 0.717) is 19.5 Å². The van der Waals surface area contributed by atoms with Crippen molar-refractivity contribution in [3.8, 4) is 0 Å². The highest BCUT2D eigenvalue weighted by atomic mass is 127. The van der Waals surface area contributed by atoms with Gasteiger partial charge in [-0.2, -0.15) is 0 Å². The predicted molar refractivity (Wildman–Crippen MR) is 122 cm³/mol. The number of nitrogens with one attached hydrogen (secondary N) is 1. The van der Waals surface area contributed by atoms with Crippen LogP contribution in [0.2, 0.25) is 0 Å². The number of guanidine groups is 1. The summed E-state index contributed by atoms with van der Waals surface area (Å²) in [5, 5.41) is 3.33. The van der Waals surface area contributed by atoms with Crippen LogP contribution in [0.4, 0.5) is 0 Å². The van der Waals surface area contributed by atoms with Crippen molar-refractivity contribution in [3.05, 3.63) is 34.3 Å². The summed E-state index contributed by atoms with van der Waals surface area (Å²) in [5.41, 5.74) is 1.12. The van der Waals surface area contributed by atoms with Gasteiger partial charge in [0.05, 0.1) is 0 Å². The molecule has 146 valence electrons. The average Bonchev–Trinajstić information content (AvgIpc) is 2.61. The second kappa shape index (κ2) is 11.8. The first-order valence-corrected chi connectivity index (χ1v) is 9.73. The summed E-state index contributed by atoms with van der Waals surface area (Å²) in [6.07, 6.45) is 2.87. The maximum Gasteiger partial charge on any atom is 0.224 e. The van der Waals surface area contributed by atoms with Crippen molar-refractivity contribution in [2.75, 3.05) is 33.7 Å². The Kier molecular flexibility index (Phi) is 10.5. The van der Waals surface area contributed by atoms with Gasteiger partial charge in [-0.25, -0.2) is 0 Å². The lowest BCUT2D eigenvalue weighted by Crippen LogP contribution is -2.46. The standard InChI is InChI=1S/C19H29BrN4O.HI/c1-15-9-12-24(13-10-15)19(21-2)22-11-8-18(25)23(3)14-16-6-4-5-7-17(16)20;/h4-7,15H,8-14H2,1-3H3,(H,21,22);1H. The molecule has 1 aliphatic rings. The molecule has 7 heteroatoms. The van der Waals surface area contributed by atoms with E-state index in [2.05, 4.69) is 38.1 Å². The number of rotatable bonds is 5. The van der Waals surface area contributed by atoms with E-state index in [-0.39, 0.29) is 29.9 Å². The second-order valence-corrected chi connectivity index (χ2v) is 7.59. The average molecular weight is 537 g/mol. The molecule has 1 heterocycles. The molecule has 26 heavy (non-hydrogen) atoms. The first-order valence-electron chi connectivity index (χ1n) is 8.94. The fraction of sp³-hybridized carbons (Fsp3) is 0.579. The Balaban J connectivity index is 0.00000338. The minimum atomic E-state index is 0. The van der Waals surface area contributed by atoms with Gasteiger partial charge in [-0.3, -0.25) is 9.79 Å². The number of carbonyl (C=O) groups excluding carboxylic acids is 1. The summed E-state index contributed by atoms with van der Waals surface area (Å²) in [4.78, 5) is 20.8. The summed E-state index contributed by atoms with van der Waals surface area (Å²) in [7, 11) is 3.66. The van der Waals surface area contributed by atoms with Crippen molar-refractivity contribution in [2.24, 2.45) is 10.9 Å². The zero-order valence-corrected chi connectivity index (χ0v) is 19.8. The van der Waals surface area contributed by atoms with Crippen LogP contribution in [0.3, 0.4) is 0 Å². The largest absolute Gasteiger partial charge is 0.356 e. The molecule has 0 aromatic heterocycles. The molecular weight excluding hydrogens is 507 g/mol. The molecule has 1 aromatic carbocycles. The highest BCUT2D eigenvalue weighted by Gasteiger charge is 2.18. The van der Waals surface area contributed by atoms with Crippen molar-refractivity contribution in [1.82, 2.24) is 15.1 Å². The number of carbonyl (C=O) groups is 1. The quantitative estimate of drug-likeness (QED) is 0.354. The molecule has 1 N–H and O–H groups in total. The SMILES string of the molecule is CN=C(NCCC(=O)N(C)Cc1ccccc1Br)N1CCC(C)CC1.I. The molecule has 1 saturated heterocycles. The lowest BCUT2D eigenvalue weighted by molar-refractivity contribution is -0.130. The molecule has 0 unspecified atom stereocenters. The summed E-state index contributed by atoms with van der Waals surface area (Å²) in [6.45, 7) is 5.59. The number of amides is 1. The van der Waals surface area contributed by atoms with Crippen molar-refractivity contribution >= 4 is 51.8 Å². The maximum absolute atomic E-state index is 12.4. The van der Waals surface area contributed by atoms with Crippen molar-refractivity contribution in [2.45, 2.75) is 32.7 Å². The molecular formula is C19H30BrIN4O. The molecule has 1 aliphatic heterocycles. The predicted octanol–water partition coefficient (Wildman–Crippen LogP) is 3.72. The molecule has 5 nitrogen and oxygen atoms in total. The Morgan fingerprint density at radius 3 is 2.62 bits per heavy atom. The van der Waals surface area contributed by atoms with Gasteiger partial charge in [0.2, 0.25) is 5.91 Å². The monoisotopic (exact) mass is 536 g/mol. The van der Waals surface area contributed by atoms with E-state index in [1.54, 1.807) is 11.9 Å². The van der Waals surface area contributed by atoms with Gasteiger partial charge in [-0.15, -0.1) is 24.0 Å². The van der Waals surface area contributed by atoms with Crippen LogP contribution < -0.4 is 5.32 Å². The van der Waals surface area contributed by atoms with Crippen LogP contribution in [0, 0.1) is 5.92 Å². The molecule has 1 amide bonds. The zero-order valence-electron chi connectivity index (χ0n) is 15.9. The van der Waals surface area contributed by atoms with E-state index in [4.69, 9.17) is 0 Å². The number of aliphatic imine (C=N–C) groups is 1. The number of benzene rings is 1. The van der Waals surface area contributed by atoms with Crippen LogP contribution in [0.25, 0.3) is 0 Å². The number of nitrogens with zero attached hydrogens (tertiary/aromatic N) is 3. The number of hydrogen-bond acceptors (Lipinski definition) is 2. The third-order valence-corrected chi connectivity index (χ3v) is 5.48. The van der Waals surface area contributed by atoms with Gasteiger partial charge in [0.1, 0.15) is 0 Å². The summed E-state index contributed by atoms with van der Waals surface area (Å²) >= 11 is 3.53. The smallest absolute Gasteiger partial charge is 0.224 e. The Morgan fingerprint density at radius 2 is 2.00 bits per heavy atom. The molecule has 1 fully saturated rings. The molecule has 0 aliphatic carbocycles. The van der Waals surface area contributed by atoms with Crippen molar-refractivity contribution in [1.29, 1.82) is 0 Å². The van der Waals surface area contributed by atoms with E-state index < -0.39 is 0 Å². The fourth-order valence-corrected chi connectivity index (χ4v) is 3.41. The van der Waals surface area contributed by atoms with Gasteiger partial charge in [0.25, 0.3) is 0 Å². The third kappa shape index (κ3) is 7.06. The van der Waals surface area contributed by atoms with E-state index in [9.17, 15) is 4.79 Å². The Hall–Kier alpha value is -0.830. The molecule has 0 spiro atoms. The molecule has 0 atom stereocenters. The van der Waals surface area contributed by atoms with Gasteiger partial charge in [-0.05, 0) is 30.4 Å². The molecule has 2 rings (SSSR count). The van der Waals surface area contributed by atoms with Gasteiger partial charge in [0, 0.05) is 51.2 Å². The zero-order chi connectivity index (χ0) is 18.2. The van der Waals surface area contributed by atoms with Crippen LogP contribution in [0.5, 0.6) is 0 Å². The highest BCUT2D eigenvalue weighted by molar-refractivity contribution is 14.0. The van der Waals surface area contributed by atoms with Crippen LogP contribution in [-0.2, 0) is 11.3 Å². The number of likely N-dealkylation sites (tertiary alicyclic amines) is 1. The van der Waals surface area contributed by atoms with E-state index >= 15 is 0 Å². The minimum Gasteiger partial charge on any atom is -0.356 e. The second-order valence-electron chi connectivity index (χ2n) is 6.73. The summed E-state index contributed by atoms with van der Waals surface area (Å²) in [5.74, 6) is 1.83. The van der Waals surface area contributed by atoms with Crippen molar-refractivity contribution < 1.29 is 4.79 Å². The van der Waals surface area contributed by atoms with E-state index in [0.717, 1.165) is 35.0 Å². The molecule has 0 radical (unpaired) electrons. The molecule has 0 saturated carbocycles. The number of hydrogen-bond donors (Lipinski definition) is 1. The van der Waals surface area contributed by atoms with Crippen LogP contribution in [0.1, 0.15) is 31.7 Å². The fourth-order valence-electron chi connectivity index (χ4n) is 3.00. The normalized spacial score (nSPS) is 15.4. The first kappa shape index (κ1) is 23.2. The van der Waals surface area contributed by atoms with Crippen molar-refractivity contribution in [3.63, 3.8) is 0 Å². The highest BCUT2D eigenvalue weighted by Crippen LogP contribution is 2.18. The first-order chi connectivity index (χ1) is 12.0.